The van der Waals surface area contributed by atoms with Crippen LogP contribution >= 0.6 is 0 Å². The molecule has 1 aromatic rings. The molecule has 0 saturated carbocycles. The minimum absolute atomic E-state index is 0.0541. The Morgan fingerprint density at radius 2 is 2.21 bits per heavy atom. The van der Waals surface area contributed by atoms with Crippen molar-refractivity contribution in [2.24, 2.45) is 5.11 Å². The fourth-order valence-corrected chi connectivity index (χ4v) is 0.943. The molecule has 0 saturated heterocycles. The SMILES string of the molecule is Cc1ccc(N=[N+]=[N-])c(OC(F)F)c1. The highest BCUT2D eigenvalue weighted by atomic mass is 19.3. The summed E-state index contributed by atoms with van der Waals surface area (Å²) in [6.07, 6.45) is 0. The third-order valence-corrected chi connectivity index (χ3v) is 1.48. The van der Waals surface area contributed by atoms with Gasteiger partial charge in [-0.2, -0.15) is 8.78 Å². The zero-order valence-electron chi connectivity index (χ0n) is 7.32. The van der Waals surface area contributed by atoms with Crippen molar-refractivity contribution in [3.63, 3.8) is 0 Å². The van der Waals surface area contributed by atoms with E-state index in [9.17, 15) is 8.78 Å². The smallest absolute Gasteiger partial charge is 0.387 e. The Kier molecular flexibility index (Phi) is 3.25. The lowest BCUT2D eigenvalue weighted by molar-refractivity contribution is -0.0494. The molecule has 0 aliphatic carbocycles. The number of benzene rings is 1. The zero-order chi connectivity index (χ0) is 10.6. The number of halogens is 2. The van der Waals surface area contributed by atoms with Crippen LogP contribution < -0.4 is 4.74 Å². The van der Waals surface area contributed by atoms with E-state index in [4.69, 9.17) is 5.53 Å². The molecule has 0 aromatic heterocycles. The van der Waals surface area contributed by atoms with Crippen LogP contribution in [0.15, 0.2) is 23.3 Å². The lowest BCUT2D eigenvalue weighted by Gasteiger charge is -2.07. The summed E-state index contributed by atoms with van der Waals surface area (Å²) in [5.74, 6) is -0.113. The van der Waals surface area contributed by atoms with E-state index in [-0.39, 0.29) is 11.4 Å². The molecule has 0 amide bonds. The van der Waals surface area contributed by atoms with E-state index in [1.165, 1.54) is 12.1 Å². The van der Waals surface area contributed by atoms with E-state index >= 15 is 0 Å². The molecule has 0 spiro atoms. The average Bonchev–Trinajstić information content (AvgIpc) is 2.09. The van der Waals surface area contributed by atoms with Crippen LogP contribution in [0.2, 0.25) is 0 Å². The van der Waals surface area contributed by atoms with Crippen molar-refractivity contribution in [1.29, 1.82) is 0 Å². The van der Waals surface area contributed by atoms with E-state index in [0.29, 0.717) is 0 Å². The normalized spacial score (nSPS) is 9.71. The Morgan fingerprint density at radius 1 is 1.50 bits per heavy atom. The molecular formula is C8H7F2N3O. The number of hydrogen-bond acceptors (Lipinski definition) is 2. The van der Waals surface area contributed by atoms with Crippen molar-refractivity contribution in [2.75, 3.05) is 0 Å². The number of ether oxygens (including phenoxy) is 1. The molecule has 0 heterocycles. The first-order valence-electron chi connectivity index (χ1n) is 3.74. The van der Waals surface area contributed by atoms with E-state index in [1.54, 1.807) is 13.0 Å². The third-order valence-electron chi connectivity index (χ3n) is 1.48. The van der Waals surface area contributed by atoms with Gasteiger partial charge in [0.1, 0.15) is 5.75 Å². The Balaban J connectivity index is 3.08. The molecule has 0 aliphatic heterocycles. The van der Waals surface area contributed by atoms with Crippen LogP contribution in [0.3, 0.4) is 0 Å². The van der Waals surface area contributed by atoms with Crippen molar-refractivity contribution in [2.45, 2.75) is 13.5 Å². The lowest BCUT2D eigenvalue weighted by atomic mass is 10.2. The average molecular weight is 199 g/mol. The maximum absolute atomic E-state index is 11.9. The van der Waals surface area contributed by atoms with E-state index < -0.39 is 6.61 Å². The first-order valence-corrected chi connectivity index (χ1v) is 3.74. The summed E-state index contributed by atoms with van der Waals surface area (Å²) in [6, 6.07) is 4.45. The molecule has 0 radical (unpaired) electrons. The van der Waals surface area contributed by atoms with E-state index in [2.05, 4.69) is 14.8 Å². The van der Waals surface area contributed by atoms with Crippen molar-refractivity contribution in [1.82, 2.24) is 0 Å². The molecule has 4 nitrogen and oxygen atoms in total. The number of hydrogen-bond donors (Lipinski definition) is 0. The van der Waals surface area contributed by atoms with Crippen LogP contribution in [0.5, 0.6) is 5.75 Å². The second-order valence-corrected chi connectivity index (χ2v) is 2.54. The summed E-state index contributed by atoms with van der Waals surface area (Å²) < 4.78 is 28.0. The number of aryl methyl sites for hydroxylation is 1. The first kappa shape index (κ1) is 10.3. The second kappa shape index (κ2) is 4.43. The lowest BCUT2D eigenvalue weighted by Crippen LogP contribution is -2.02. The molecule has 0 atom stereocenters. The number of azide groups is 1. The maximum atomic E-state index is 11.9. The maximum Gasteiger partial charge on any atom is 0.387 e. The molecule has 0 bridgehead atoms. The highest BCUT2D eigenvalue weighted by Crippen LogP contribution is 2.29. The second-order valence-electron chi connectivity index (χ2n) is 2.54. The summed E-state index contributed by atoms with van der Waals surface area (Å²) in [7, 11) is 0. The van der Waals surface area contributed by atoms with Crippen molar-refractivity contribution in [3.8, 4) is 5.75 Å². The van der Waals surface area contributed by atoms with Gasteiger partial charge in [0, 0.05) is 4.91 Å². The molecule has 0 unspecified atom stereocenters. The Hall–Kier alpha value is -1.81. The zero-order valence-corrected chi connectivity index (χ0v) is 7.32. The number of rotatable bonds is 3. The van der Waals surface area contributed by atoms with Gasteiger partial charge in [0.15, 0.2) is 0 Å². The highest BCUT2D eigenvalue weighted by molar-refractivity contribution is 5.53. The predicted octanol–water partition coefficient (Wildman–Crippen LogP) is 3.54. The van der Waals surface area contributed by atoms with Gasteiger partial charge in [-0.05, 0) is 30.2 Å². The van der Waals surface area contributed by atoms with Gasteiger partial charge in [0.05, 0.1) is 5.69 Å². The number of alkyl halides is 2. The Morgan fingerprint density at radius 3 is 2.79 bits per heavy atom. The van der Waals surface area contributed by atoms with Crippen molar-refractivity contribution >= 4 is 5.69 Å². The minimum Gasteiger partial charge on any atom is -0.434 e. The summed E-state index contributed by atoms with van der Waals surface area (Å²) in [6.45, 7) is -1.21. The number of nitrogens with zero attached hydrogens (tertiary/aromatic N) is 3. The van der Waals surface area contributed by atoms with Crippen molar-refractivity contribution in [3.05, 3.63) is 34.2 Å². The summed E-state index contributed by atoms with van der Waals surface area (Å²) in [5.41, 5.74) is 8.96. The summed E-state index contributed by atoms with van der Waals surface area (Å²) >= 11 is 0. The van der Waals surface area contributed by atoms with Gasteiger partial charge < -0.3 is 4.74 Å². The molecule has 14 heavy (non-hydrogen) atoms. The van der Waals surface area contributed by atoms with E-state index in [0.717, 1.165) is 5.56 Å². The minimum atomic E-state index is -2.93. The summed E-state index contributed by atoms with van der Waals surface area (Å²) in [5, 5.41) is 3.22. The Labute approximate surface area is 78.7 Å². The van der Waals surface area contributed by atoms with Crippen molar-refractivity contribution < 1.29 is 13.5 Å². The fraction of sp³-hybridized carbons (Fsp3) is 0.250. The van der Waals surface area contributed by atoms with Gasteiger partial charge in [-0.3, -0.25) is 0 Å². The van der Waals surface area contributed by atoms with Gasteiger partial charge in [-0.15, -0.1) is 0 Å². The van der Waals surface area contributed by atoms with Gasteiger partial charge in [-0.1, -0.05) is 11.2 Å². The molecule has 0 aliphatic rings. The van der Waals surface area contributed by atoms with Crippen LogP contribution in [0, 0.1) is 6.92 Å². The fourth-order valence-electron chi connectivity index (χ4n) is 0.943. The first-order chi connectivity index (χ1) is 6.63. The van der Waals surface area contributed by atoms with Crippen LogP contribution in [-0.4, -0.2) is 6.61 Å². The topological polar surface area (TPSA) is 58.0 Å². The molecule has 0 N–H and O–H groups in total. The van der Waals surface area contributed by atoms with Gasteiger partial charge in [0.25, 0.3) is 0 Å². The quantitative estimate of drug-likeness (QED) is 0.417. The molecule has 0 fully saturated rings. The summed E-state index contributed by atoms with van der Waals surface area (Å²) in [4.78, 5) is 2.50. The molecule has 1 aromatic carbocycles. The van der Waals surface area contributed by atoms with Crippen LogP contribution in [0.1, 0.15) is 5.56 Å². The Bertz CT molecular complexity index is 375. The van der Waals surface area contributed by atoms with Crippen LogP contribution in [0.25, 0.3) is 10.4 Å². The van der Waals surface area contributed by atoms with Gasteiger partial charge in [0.2, 0.25) is 0 Å². The monoisotopic (exact) mass is 199 g/mol. The molecule has 1 rings (SSSR count). The van der Waals surface area contributed by atoms with Crippen LogP contribution in [0.4, 0.5) is 14.5 Å². The van der Waals surface area contributed by atoms with E-state index in [1.807, 2.05) is 0 Å². The molecule has 74 valence electrons. The molecular weight excluding hydrogens is 192 g/mol. The third kappa shape index (κ3) is 2.60. The standard InChI is InChI=1S/C8H7F2N3O/c1-5-2-3-6(12-13-11)7(4-5)14-8(9)10/h2-4,8H,1H3. The predicted molar refractivity (Wildman–Crippen MR) is 46.6 cm³/mol. The van der Waals surface area contributed by atoms with Gasteiger partial charge >= 0.3 is 6.61 Å². The van der Waals surface area contributed by atoms with Gasteiger partial charge in [-0.25, -0.2) is 0 Å². The molecule has 6 heteroatoms. The largest absolute Gasteiger partial charge is 0.434 e. The highest BCUT2D eigenvalue weighted by Gasteiger charge is 2.08. The van der Waals surface area contributed by atoms with Crippen LogP contribution in [-0.2, 0) is 0 Å².